The second-order valence-electron chi connectivity index (χ2n) is 7.79. The topological polar surface area (TPSA) is 49.5 Å². The van der Waals surface area contributed by atoms with Crippen LogP contribution in [0.5, 0.6) is 0 Å². The zero-order chi connectivity index (χ0) is 20.9. The molecule has 0 amide bonds. The maximum absolute atomic E-state index is 6.31. The molecule has 5 nitrogen and oxygen atoms in total. The van der Waals surface area contributed by atoms with E-state index in [0.29, 0.717) is 19.8 Å². The molecule has 3 aromatic carbocycles. The molecule has 31 heavy (non-hydrogen) atoms. The molecule has 0 saturated carbocycles. The molecule has 5 rings (SSSR count). The van der Waals surface area contributed by atoms with Crippen molar-refractivity contribution in [3.63, 3.8) is 0 Å². The van der Waals surface area contributed by atoms with Crippen LogP contribution in [0.1, 0.15) is 16.7 Å². The average molecular weight is 418 g/mol. The number of rotatable bonds is 9. The minimum atomic E-state index is -0.576. The summed E-state index contributed by atoms with van der Waals surface area (Å²) in [6, 6.07) is 30.2. The molecule has 0 radical (unpaired) electrons. The fraction of sp³-hybridized carbons (Fsp3) is 0.308. The Balaban J connectivity index is 1.30. The summed E-state index contributed by atoms with van der Waals surface area (Å²) in [5, 5.41) is 0. The highest BCUT2D eigenvalue weighted by Gasteiger charge is 2.58. The van der Waals surface area contributed by atoms with Crippen LogP contribution in [0.4, 0.5) is 0 Å². The SMILES string of the molecule is c1ccc(CO[C@H]2O[C@@H]3O[C@@H]3[C@@H](OCc3ccccc3)[C@H]2OCc2ccccc2)cc1. The lowest BCUT2D eigenvalue weighted by molar-refractivity contribution is -0.269. The van der Waals surface area contributed by atoms with Gasteiger partial charge in [-0.25, -0.2) is 0 Å². The fourth-order valence-electron chi connectivity index (χ4n) is 3.79. The highest BCUT2D eigenvalue weighted by atomic mass is 16.8. The summed E-state index contributed by atoms with van der Waals surface area (Å²) >= 11 is 0. The highest BCUT2D eigenvalue weighted by molar-refractivity contribution is 5.15. The van der Waals surface area contributed by atoms with E-state index in [1.807, 2.05) is 91.0 Å². The van der Waals surface area contributed by atoms with E-state index in [1.54, 1.807) is 0 Å². The minimum absolute atomic E-state index is 0.138. The van der Waals surface area contributed by atoms with E-state index in [-0.39, 0.29) is 18.5 Å². The largest absolute Gasteiger partial charge is 0.368 e. The smallest absolute Gasteiger partial charge is 0.190 e. The first-order valence-corrected chi connectivity index (χ1v) is 10.6. The van der Waals surface area contributed by atoms with Gasteiger partial charge in [0.1, 0.15) is 18.3 Å². The highest BCUT2D eigenvalue weighted by Crippen LogP contribution is 2.40. The first kappa shape index (κ1) is 20.4. The Morgan fingerprint density at radius 1 is 0.516 bits per heavy atom. The van der Waals surface area contributed by atoms with E-state index < -0.39 is 12.4 Å². The Labute approximate surface area is 182 Å². The summed E-state index contributed by atoms with van der Waals surface area (Å²) in [5.74, 6) is 0. The van der Waals surface area contributed by atoms with Gasteiger partial charge in [-0.3, -0.25) is 0 Å². The monoisotopic (exact) mass is 418 g/mol. The summed E-state index contributed by atoms with van der Waals surface area (Å²) < 4.78 is 30.5. The van der Waals surface area contributed by atoms with Crippen LogP contribution in [0, 0.1) is 0 Å². The van der Waals surface area contributed by atoms with E-state index in [0.717, 1.165) is 16.7 Å². The summed E-state index contributed by atoms with van der Waals surface area (Å²) in [5.41, 5.74) is 3.27. The lowest BCUT2D eigenvalue weighted by Crippen LogP contribution is -2.51. The fourth-order valence-corrected chi connectivity index (χ4v) is 3.79. The molecule has 0 aliphatic carbocycles. The van der Waals surface area contributed by atoms with Crippen molar-refractivity contribution in [1.82, 2.24) is 0 Å². The molecule has 0 unspecified atom stereocenters. The molecule has 2 fully saturated rings. The number of ether oxygens (including phenoxy) is 5. The van der Waals surface area contributed by atoms with Crippen molar-refractivity contribution in [1.29, 1.82) is 0 Å². The number of hydrogen-bond donors (Lipinski definition) is 0. The predicted octanol–water partition coefficient (Wildman–Crippen LogP) is 4.46. The predicted molar refractivity (Wildman–Crippen MR) is 115 cm³/mol. The molecule has 5 heteroatoms. The standard InChI is InChI=1S/C26H26O5/c1-4-10-19(11-5-1)16-27-22-23(28-17-20-12-6-2-7-13-20)25(31-26-24(22)30-26)29-18-21-14-8-3-9-15-21/h1-15,22-26H,16-18H2/t22-,23+,24+,25-,26-/m0/s1. The third-order valence-corrected chi connectivity index (χ3v) is 5.49. The van der Waals surface area contributed by atoms with Crippen molar-refractivity contribution < 1.29 is 23.7 Å². The molecule has 0 N–H and O–H groups in total. The normalized spacial score (nSPS) is 26.9. The van der Waals surface area contributed by atoms with Gasteiger partial charge in [-0.1, -0.05) is 91.0 Å². The van der Waals surface area contributed by atoms with Gasteiger partial charge < -0.3 is 23.7 Å². The molecule has 0 aromatic heterocycles. The van der Waals surface area contributed by atoms with Gasteiger partial charge in [0.05, 0.1) is 19.8 Å². The Morgan fingerprint density at radius 2 is 0.968 bits per heavy atom. The number of hydrogen-bond acceptors (Lipinski definition) is 5. The van der Waals surface area contributed by atoms with Crippen LogP contribution in [0.2, 0.25) is 0 Å². The Kier molecular flexibility index (Phi) is 6.39. The molecule has 2 heterocycles. The van der Waals surface area contributed by atoms with Gasteiger partial charge in [0.15, 0.2) is 12.6 Å². The molecule has 0 spiro atoms. The molecular formula is C26H26O5. The van der Waals surface area contributed by atoms with E-state index in [9.17, 15) is 0 Å². The summed E-state index contributed by atoms with van der Waals surface area (Å²) in [7, 11) is 0. The number of benzene rings is 3. The molecule has 2 saturated heterocycles. The molecule has 160 valence electrons. The van der Waals surface area contributed by atoms with Gasteiger partial charge in [-0.05, 0) is 16.7 Å². The van der Waals surface area contributed by atoms with Crippen LogP contribution in [-0.4, -0.2) is 30.9 Å². The van der Waals surface area contributed by atoms with Crippen molar-refractivity contribution in [3.05, 3.63) is 108 Å². The third kappa shape index (κ3) is 5.21. The average Bonchev–Trinajstić information content (AvgIpc) is 3.61. The summed E-state index contributed by atoms with van der Waals surface area (Å²) in [6.45, 7) is 1.36. The van der Waals surface area contributed by atoms with Gasteiger partial charge in [-0.2, -0.15) is 0 Å². The molecule has 2 aliphatic heterocycles. The van der Waals surface area contributed by atoms with Gasteiger partial charge in [0.25, 0.3) is 0 Å². The second kappa shape index (κ2) is 9.73. The molecule has 0 bridgehead atoms. The molecular weight excluding hydrogens is 392 g/mol. The third-order valence-electron chi connectivity index (χ3n) is 5.49. The van der Waals surface area contributed by atoms with Crippen molar-refractivity contribution in [2.75, 3.05) is 0 Å². The van der Waals surface area contributed by atoms with E-state index in [4.69, 9.17) is 23.7 Å². The lowest BCUT2D eigenvalue weighted by atomic mass is 10.1. The van der Waals surface area contributed by atoms with Crippen molar-refractivity contribution in [2.45, 2.75) is 50.7 Å². The second-order valence-corrected chi connectivity index (χ2v) is 7.79. The first-order valence-electron chi connectivity index (χ1n) is 10.6. The summed E-state index contributed by atoms with van der Waals surface area (Å²) in [4.78, 5) is 0. The molecule has 5 atom stereocenters. The van der Waals surface area contributed by atoms with E-state index in [2.05, 4.69) is 0 Å². The lowest BCUT2D eigenvalue weighted by Gasteiger charge is -2.35. The van der Waals surface area contributed by atoms with Crippen molar-refractivity contribution >= 4 is 0 Å². The van der Waals surface area contributed by atoms with Crippen LogP contribution in [0.25, 0.3) is 0 Å². The van der Waals surface area contributed by atoms with Gasteiger partial charge >= 0.3 is 0 Å². The van der Waals surface area contributed by atoms with Crippen LogP contribution in [0.3, 0.4) is 0 Å². The quantitative estimate of drug-likeness (QED) is 0.481. The summed E-state index contributed by atoms with van der Waals surface area (Å²) in [6.07, 6.45) is -1.70. The number of epoxide rings is 1. The van der Waals surface area contributed by atoms with Crippen LogP contribution < -0.4 is 0 Å². The van der Waals surface area contributed by atoms with Crippen molar-refractivity contribution in [3.8, 4) is 0 Å². The van der Waals surface area contributed by atoms with Gasteiger partial charge in [-0.15, -0.1) is 0 Å². The number of fused-ring (bicyclic) bond motifs is 1. The van der Waals surface area contributed by atoms with Gasteiger partial charge in [0.2, 0.25) is 0 Å². The minimum Gasteiger partial charge on any atom is -0.368 e. The Hall–Kier alpha value is -2.54. The van der Waals surface area contributed by atoms with Crippen LogP contribution in [-0.2, 0) is 43.5 Å². The molecule has 3 aromatic rings. The Bertz CT molecular complexity index is 934. The maximum Gasteiger partial charge on any atom is 0.190 e. The van der Waals surface area contributed by atoms with Crippen molar-refractivity contribution in [2.24, 2.45) is 0 Å². The van der Waals surface area contributed by atoms with Crippen LogP contribution >= 0.6 is 0 Å². The molecule has 2 aliphatic rings. The zero-order valence-electron chi connectivity index (χ0n) is 17.2. The van der Waals surface area contributed by atoms with Gasteiger partial charge in [0, 0.05) is 0 Å². The van der Waals surface area contributed by atoms with E-state index >= 15 is 0 Å². The first-order chi connectivity index (χ1) is 15.4. The van der Waals surface area contributed by atoms with E-state index in [1.165, 1.54) is 0 Å². The van der Waals surface area contributed by atoms with Crippen LogP contribution in [0.15, 0.2) is 91.0 Å². The Morgan fingerprint density at radius 3 is 1.48 bits per heavy atom. The maximum atomic E-state index is 6.31. The zero-order valence-corrected chi connectivity index (χ0v) is 17.2.